The van der Waals surface area contributed by atoms with Crippen LogP contribution in [0.2, 0.25) is 10.0 Å². The normalized spacial score (nSPS) is 10.8. The molecule has 0 unspecified atom stereocenters. The van der Waals surface area contributed by atoms with E-state index in [2.05, 4.69) is 10.6 Å². The minimum Gasteiger partial charge on any atom is -0.481 e. The number of carbonyl (C=O) groups is 2. The average Bonchev–Trinajstić information content (AvgIpc) is 2.83. The Hall–Kier alpha value is -4.39. The van der Waals surface area contributed by atoms with E-state index in [0.717, 1.165) is 5.56 Å². The molecule has 3 aromatic rings. The second-order valence-electron chi connectivity index (χ2n) is 7.45. The number of nitriles is 1. The van der Waals surface area contributed by atoms with E-state index in [4.69, 9.17) is 27.9 Å². The SMILES string of the molecule is Cc1ccc(NC(=O)COc2c(Cl)cc(/C=C(\C#N)C(=O)Nc3cccc([N+](=O)[O-])c3)cc2Cl)cc1. The number of nitro groups is 1. The summed E-state index contributed by atoms with van der Waals surface area (Å²) < 4.78 is 5.47. The van der Waals surface area contributed by atoms with Crippen LogP contribution in [0.5, 0.6) is 5.75 Å². The molecule has 11 heteroatoms. The molecular formula is C25H18Cl2N4O5. The maximum atomic E-state index is 12.5. The Morgan fingerprint density at radius 2 is 1.72 bits per heavy atom. The van der Waals surface area contributed by atoms with Gasteiger partial charge >= 0.3 is 0 Å². The Labute approximate surface area is 216 Å². The number of anilines is 2. The van der Waals surface area contributed by atoms with Crippen LogP contribution in [-0.4, -0.2) is 23.3 Å². The number of rotatable bonds is 8. The highest BCUT2D eigenvalue weighted by atomic mass is 35.5. The fourth-order valence-electron chi connectivity index (χ4n) is 2.98. The number of nitrogens with one attached hydrogen (secondary N) is 2. The van der Waals surface area contributed by atoms with Gasteiger partial charge in [-0.25, -0.2) is 0 Å². The minimum atomic E-state index is -0.779. The summed E-state index contributed by atoms with van der Waals surface area (Å²) in [5.41, 5.74) is 1.64. The first-order valence-electron chi connectivity index (χ1n) is 10.3. The van der Waals surface area contributed by atoms with Gasteiger partial charge in [-0.2, -0.15) is 5.26 Å². The first kappa shape index (κ1) is 26.2. The predicted octanol–water partition coefficient (Wildman–Crippen LogP) is 5.77. The summed E-state index contributed by atoms with van der Waals surface area (Å²) >= 11 is 12.5. The van der Waals surface area contributed by atoms with Crippen LogP contribution >= 0.6 is 23.2 Å². The fourth-order valence-corrected chi connectivity index (χ4v) is 3.60. The molecule has 0 bridgehead atoms. The van der Waals surface area contributed by atoms with E-state index in [1.54, 1.807) is 18.2 Å². The van der Waals surface area contributed by atoms with E-state index >= 15 is 0 Å². The standard InChI is InChI=1S/C25H18Cl2N4O5/c1-15-5-7-18(8-6-15)29-23(32)14-36-24-21(26)10-16(11-22(24)27)9-17(13-28)25(33)30-19-3-2-4-20(12-19)31(34)35/h2-12H,14H2,1H3,(H,29,32)(H,30,33)/b17-9+. The van der Waals surface area contributed by atoms with Crippen molar-refractivity contribution in [2.24, 2.45) is 0 Å². The molecule has 0 aliphatic rings. The Kier molecular flexibility index (Phi) is 8.62. The maximum absolute atomic E-state index is 12.5. The third-order valence-electron chi connectivity index (χ3n) is 4.69. The van der Waals surface area contributed by atoms with Gasteiger partial charge in [0.05, 0.1) is 15.0 Å². The van der Waals surface area contributed by atoms with Gasteiger partial charge in [0.25, 0.3) is 17.5 Å². The molecule has 182 valence electrons. The van der Waals surface area contributed by atoms with Gasteiger partial charge in [-0.3, -0.25) is 19.7 Å². The zero-order valence-electron chi connectivity index (χ0n) is 18.7. The number of halogens is 2. The summed E-state index contributed by atoms with van der Waals surface area (Å²) in [5.74, 6) is -1.13. The number of hydrogen-bond acceptors (Lipinski definition) is 6. The van der Waals surface area contributed by atoms with Gasteiger partial charge in [-0.1, -0.05) is 47.0 Å². The summed E-state index contributed by atoms with van der Waals surface area (Å²) in [6, 6.07) is 17.1. The number of nitro benzene ring substituents is 1. The third kappa shape index (κ3) is 7.06. The molecule has 2 N–H and O–H groups in total. The molecule has 0 heterocycles. The molecule has 0 atom stereocenters. The van der Waals surface area contributed by atoms with Crippen molar-refractivity contribution in [3.63, 3.8) is 0 Å². The molecule has 0 fully saturated rings. The highest BCUT2D eigenvalue weighted by molar-refractivity contribution is 6.37. The van der Waals surface area contributed by atoms with Gasteiger partial charge in [0.1, 0.15) is 11.6 Å². The largest absolute Gasteiger partial charge is 0.481 e. The fraction of sp³-hybridized carbons (Fsp3) is 0.0800. The van der Waals surface area contributed by atoms with Crippen molar-refractivity contribution in [2.75, 3.05) is 17.2 Å². The van der Waals surface area contributed by atoms with Gasteiger partial charge < -0.3 is 15.4 Å². The van der Waals surface area contributed by atoms with Gasteiger partial charge in [0.2, 0.25) is 0 Å². The van der Waals surface area contributed by atoms with E-state index in [1.807, 2.05) is 19.1 Å². The van der Waals surface area contributed by atoms with Crippen molar-refractivity contribution in [3.8, 4) is 11.8 Å². The molecular weight excluding hydrogens is 507 g/mol. The van der Waals surface area contributed by atoms with Crippen LogP contribution in [0.15, 0.2) is 66.2 Å². The lowest BCUT2D eigenvalue weighted by Gasteiger charge is -2.11. The summed E-state index contributed by atoms with van der Waals surface area (Å²) in [5, 5.41) is 25.6. The molecule has 2 amide bonds. The highest BCUT2D eigenvalue weighted by Gasteiger charge is 2.15. The molecule has 9 nitrogen and oxygen atoms in total. The van der Waals surface area contributed by atoms with Crippen molar-refractivity contribution < 1.29 is 19.2 Å². The topological polar surface area (TPSA) is 134 Å². The third-order valence-corrected chi connectivity index (χ3v) is 5.26. The van der Waals surface area contributed by atoms with Gasteiger partial charge in [0.15, 0.2) is 12.4 Å². The smallest absolute Gasteiger partial charge is 0.271 e. The molecule has 36 heavy (non-hydrogen) atoms. The monoisotopic (exact) mass is 524 g/mol. The lowest BCUT2D eigenvalue weighted by atomic mass is 10.1. The van der Waals surface area contributed by atoms with Crippen molar-refractivity contribution in [3.05, 3.63) is 97.5 Å². The highest BCUT2D eigenvalue weighted by Crippen LogP contribution is 2.35. The molecule has 0 saturated carbocycles. The van der Waals surface area contributed by atoms with Crippen LogP contribution in [-0.2, 0) is 9.59 Å². The molecule has 3 aromatic carbocycles. The Morgan fingerprint density at radius 1 is 1.06 bits per heavy atom. The second-order valence-corrected chi connectivity index (χ2v) is 8.26. The number of ether oxygens (including phenoxy) is 1. The first-order valence-corrected chi connectivity index (χ1v) is 11.1. The summed E-state index contributed by atoms with van der Waals surface area (Å²) in [6.45, 7) is 1.58. The van der Waals surface area contributed by atoms with Gasteiger partial charge in [-0.05, 0) is 48.9 Å². The average molecular weight is 525 g/mol. The second kappa shape index (κ2) is 11.8. The molecule has 0 aliphatic carbocycles. The van der Waals surface area contributed by atoms with Gasteiger partial charge in [0, 0.05) is 23.5 Å². The van der Waals surface area contributed by atoms with E-state index in [-0.39, 0.29) is 39.3 Å². The van der Waals surface area contributed by atoms with Crippen LogP contribution < -0.4 is 15.4 Å². The first-order chi connectivity index (χ1) is 17.2. The zero-order valence-corrected chi connectivity index (χ0v) is 20.3. The number of benzene rings is 3. The number of hydrogen-bond donors (Lipinski definition) is 2. The van der Waals surface area contributed by atoms with E-state index in [9.17, 15) is 25.0 Å². The van der Waals surface area contributed by atoms with Crippen molar-refractivity contribution in [2.45, 2.75) is 6.92 Å². The van der Waals surface area contributed by atoms with E-state index in [1.165, 1.54) is 42.5 Å². The molecule has 0 aliphatic heterocycles. The number of carbonyl (C=O) groups excluding carboxylic acids is 2. The summed E-state index contributed by atoms with van der Waals surface area (Å²) in [4.78, 5) is 35.0. The molecule has 3 rings (SSSR count). The van der Waals surface area contributed by atoms with Crippen molar-refractivity contribution in [1.82, 2.24) is 0 Å². The lowest BCUT2D eigenvalue weighted by molar-refractivity contribution is -0.384. The number of nitrogens with zero attached hydrogens (tertiary/aromatic N) is 2. The van der Waals surface area contributed by atoms with E-state index in [0.29, 0.717) is 11.3 Å². The molecule has 0 aromatic heterocycles. The van der Waals surface area contributed by atoms with Crippen molar-refractivity contribution in [1.29, 1.82) is 5.26 Å². The Balaban J connectivity index is 1.70. The predicted molar refractivity (Wildman–Crippen MR) is 137 cm³/mol. The molecule has 0 saturated heterocycles. The van der Waals surface area contributed by atoms with Gasteiger partial charge in [-0.15, -0.1) is 0 Å². The molecule has 0 spiro atoms. The van der Waals surface area contributed by atoms with Crippen LogP contribution in [0.4, 0.5) is 17.1 Å². The number of amides is 2. The number of non-ortho nitro benzene ring substituents is 1. The zero-order chi connectivity index (χ0) is 26.2. The summed E-state index contributed by atoms with van der Waals surface area (Å²) in [7, 11) is 0. The van der Waals surface area contributed by atoms with Crippen LogP contribution in [0.3, 0.4) is 0 Å². The van der Waals surface area contributed by atoms with E-state index < -0.39 is 16.7 Å². The Morgan fingerprint density at radius 3 is 2.33 bits per heavy atom. The van der Waals surface area contributed by atoms with Crippen LogP contribution in [0.1, 0.15) is 11.1 Å². The lowest BCUT2D eigenvalue weighted by Crippen LogP contribution is -2.20. The Bertz CT molecular complexity index is 1380. The summed E-state index contributed by atoms with van der Waals surface area (Å²) in [6.07, 6.45) is 1.25. The van der Waals surface area contributed by atoms with Crippen molar-refractivity contribution >= 4 is 58.2 Å². The van der Waals surface area contributed by atoms with Crippen LogP contribution in [0, 0.1) is 28.4 Å². The maximum Gasteiger partial charge on any atom is 0.271 e. The van der Waals surface area contributed by atoms with Crippen LogP contribution in [0.25, 0.3) is 6.08 Å². The quantitative estimate of drug-likeness (QED) is 0.166. The molecule has 0 radical (unpaired) electrons. The number of aryl methyl sites for hydroxylation is 1. The minimum absolute atomic E-state index is 0.0632.